The fraction of sp³-hybridized carbons (Fsp3) is 0.200. The monoisotopic (exact) mass is 503 g/mol. The molecular formula is C25H20ClF2NO6. The Kier molecular flexibility index (Phi) is 7.48. The molecule has 3 aromatic rings. The topological polar surface area (TPSA) is 85.3 Å². The molecule has 0 spiro atoms. The van der Waals surface area contributed by atoms with Crippen LogP contribution in [0.2, 0.25) is 5.02 Å². The van der Waals surface area contributed by atoms with Gasteiger partial charge in [0.2, 0.25) is 0 Å². The van der Waals surface area contributed by atoms with E-state index in [9.17, 15) is 18.4 Å². The van der Waals surface area contributed by atoms with Crippen LogP contribution in [0.3, 0.4) is 0 Å². The Bertz CT molecular complexity index is 1230. The molecule has 3 aromatic carbocycles. The van der Waals surface area contributed by atoms with Crippen LogP contribution in [0.5, 0.6) is 5.75 Å². The molecule has 1 heterocycles. The number of ether oxygens (including phenoxy) is 2. The minimum Gasteiger partial charge on any atom is -0.482 e. The summed E-state index contributed by atoms with van der Waals surface area (Å²) in [7, 11) is 0. The van der Waals surface area contributed by atoms with E-state index in [-0.39, 0.29) is 12.3 Å². The van der Waals surface area contributed by atoms with Crippen molar-refractivity contribution in [3.05, 3.63) is 99.6 Å². The number of benzene rings is 3. The van der Waals surface area contributed by atoms with Gasteiger partial charge in [0.05, 0.1) is 11.6 Å². The van der Waals surface area contributed by atoms with E-state index < -0.39 is 48.6 Å². The zero-order chi connectivity index (χ0) is 24.9. The van der Waals surface area contributed by atoms with Crippen molar-refractivity contribution < 1.29 is 37.8 Å². The summed E-state index contributed by atoms with van der Waals surface area (Å²) in [5.74, 6) is -2.61. The number of carbonyl (C=O) groups excluding carboxylic acids is 1. The SMILES string of the molecule is O=C(O)COc1ccc(Cl)cc1C1c2ccccc2CCN1OC(=O)OCc1c(F)cccc1F. The van der Waals surface area contributed by atoms with Gasteiger partial charge in [-0.1, -0.05) is 41.9 Å². The number of hydroxylamine groups is 2. The highest BCUT2D eigenvalue weighted by Gasteiger charge is 2.34. The summed E-state index contributed by atoms with van der Waals surface area (Å²) in [5.41, 5.74) is 1.85. The molecule has 35 heavy (non-hydrogen) atoms. The van der Waals surface area contributed by atoms with Crippen molar-refractivity contribution in [2.45, 2.75) is 19.1 Å². The number of rotatable bonds is 7. The number of nitrogens with zero attached hydrogens (tertiary/aromatic N) is 1. The van der Waals surface area contributed by atoms with Crippen LogP contribution in [-0.4, -0.2) is 35.4 Å². The van der Waals surface area contributed by atoms with Gasteiger partial charge in [0.15, 0.2) is 6.61 Å². The highest BCUT2D eigenvalue weighted by Crippen LogP contribution is 2.40. The second-order valence-corrected chi connectivity index (χ2v) is 8.12. The van der Waals surface area contributed by atoms with E-state index in [1.165, 1.54) is 17.2 Å². The summed E-state index contributed by atoms with van der Waals surface area (Å²) < 4.78 is 38.2. The second kappa shape index (κ2) is 10.7. The van der Waals surface area contributed by atoms with Gasteiger partial charge in [0.25, 0.3) is 0 Å². The molecule has 0 radical (unpaired) electrons. The summed E-state index contributed by atoms with van der Waals surface area (Å²) >= 11 is 6.23. The molecule has 1 atom stereocenters. The average molecular weight is 504 g/mol. The number of carboxylic acid groups (broad SMARTS) is 1. The third-order valence-electron chi connectivity index (χ3n) is 5.44. The molecule has 1 unspecified atom stereocenters. The van der Waals surface area contributed by atoms with Gasteiger partial charge in [-0.2, -0.15) is 0 Å². The van der Waals surface area contributed by atoms with E-state index >= 15 is 0 Å². The Morgan fingerprint density at radius 2 is 1.77 bits per heavy atom. The van der Waals surface area contributed by atoms with Gasteiger partial charge < -0.3 is 19.4 Å². The van der Waals surface area contributed by atoms with Crippen LogP contribution < -0.4 is 4.74 Å². The molecule has 182 valence electrons. The average Bonchev–Trinajstić information content (AvgIpc) is 2.82. The molecule has 1 N–H and O–H groups in total. The van der Waals surface area contributed by atoms with Gasteiger partial charge in [-0.3, -0.25) is 0 Å². The van der Waals surface area contributed by atoms with Crippen molar-refractivity contribution in [1.29, 1.82) is 0 Å². The quantitative estimate of drug-likeness (QED) is 0.438. The summed E-state index contributed by atoms with van der Waals surface area (Å²) in [5, 5.41) is 10.8. The maximum atomic E-state index is 13.9. The van der Waals surface area contributed by atoms with Crippen LogP contribution in [0, 0.1) is 11.6 Å². The predicted octanol–water partition coefficient (Wildman–Crippen LogP) is 5.30. The largest absolute Gasteiger partial charge is 0.528 e. The van der Waals surface area contributed by atoms with Gasteiger partial charge in [-0.25, -0.2) is 18.4 Å². The first-order chi connectivity index (χ1) is 16.8. The van der Waals surface area contributed by atoms with E-state index in [1.54, 1.807) is 12.1 Å². The minimum absolute atomic E-state index is 0.244. The maximum Gasteiger partial charge on any atom is 0.528 e. The molecule has 1 aliphatic rings. The first-order valence-corrected chi connectivity index (χ1v) is 11.0. The summed E-state index contributed by atoms with van der Waals surface area (Å²) in [4.78, 5) is 29.0. The molecule has 7 nitrogen and oxygen atoms in total. The van der Waals surface area contributed by atoms with Crippen LogP contribution in [-0.2, 0) is 27.4 Å². The van der Waals surface area contributed by atoms with Crippen LogP contribution >= 0.6 is 11.6 Å². The third kappa shape index (κ3) is 5.70. The van der Waals surface area contributed by atoms with Crippen molar-refractivity contribution in [3.63, 3.8) is 0 Å². The number of hydrogen-bond donors (Lipinski definition) is 1. The highest BCUT2D eigenvalue weighted by atomic mass is 35.5. The molecule has 0 fully saturated rings. The number of carbonyl (C=O) groups is 2. The molecule has 10 heteroatoms. The lowest BCUT2D eigenvalue weighted by Gasteiger charge is -2.36. The lowest BCUT2D eigenvalue weighted by molar-refractivity contribution is -0.152. The summed E-state index contributed by atoms with van der Waals surface area (Å²) in [6.45, 7) is -0.980. The van der Waals surface area contributed by atoms with Crippen molar-refractivity contribution in [3.8, 4) is 5.75 Å². The van der Waals surface area contributed by atoms with Crippen molar-refractivity contribution in [2.75, 3.05) is 13.2 Å². The van der Waals surface area contributed by atoms with Gasteiger partial charge in [-0.05, 0) is 47.9 Å². The third-order valence-corrected chi connectivity index (χ3v) is 5.68. The Morgan fingerprint density at radius 3 is 2.51 bits per heavy atom. The van der Waals surface area contributed by atoms with E-state index in [1.807, 2.05) is 24.3 Å². The maximum absolute atomic E-state index is 13.9. The summed E-state index contributed by atoms with van der Waals surface area (Å²) in [6, 6.07) is 14.8. The van der Waals surface area contributed by atoms with Crippen LogP contribution in [0.25, 0.3) is 0 Å². The second-order valence-electron chi connectivity index (χ2n) is 7.69. The Labute approximate surface area is 204 Å². The van der Waals surface area contributed by atoms with Gasteiger partial charge in [0.1, 0.15) is 24.0 Å². The summed E-state index contributed by atoms with van der Waals surface area (Å²) in [6.07, 6.45) is -0.625. The number of halogens is 3. The first kappa shape index (κ1) is 24.4. The number of fused-ring (bicyclic) bond motifs is 1. The zero-order valence-corrected chi connectivity index (χ0v) is 19.0. The lowest BCUT2D eigenvalue weighted by atomic mass is 9.89. The Hall–Kier alpha value is -3.69. The minimum atomic E-state index is -1.16. The molecule has 0 aromatic heterocycles. The van der Waals surface area contributed by atoms with Crippen LogP contribution in [0.1, 0.15) is 28.3 Å². The first-order valence-electron chi connectivity index (χ1n) is 10.6. The highest BCUT2D eigenvalue weighted by molar-refractivity contribution is 6.30. The molecule has 4 rings (SSSR count). The van der Waals surface area contributed by atoms with Gasteiger partial charge in [-0.15, -0.1) is 5.06 Å². The Morgan fingerprint density at radius 1 is 1.03 bits per heavy atom. The normalized spacial score (nSPS) is 15.2. The van der Waals surface area contributed by atoms with E-state index in [0.717, 1.165) is 23.3 Å². The van der Waals surface area contributed by atoms with Crippen molar-refractivity contribution >= 4 is 23.7 Å². The lowest BCUT2D eigenvalue weighted by Crippen LogP contribution is -2.38. The fourth-order valence-corrected chi connectivity index (χ4v) is 4.07. The molecule has 0 saturated carbocycles. The molecule has 0 bridgehead atoms. The molecule has 0 saturated heterocycles. The smallest absolute Gasteiger partial charge is 0.482 e. The number of aliphatic carboxylic acids is 1. The molecule has 1 aliphatic heterocycles. The molecule has 0 aliphatic carbocycles. The predicted molar refractivity (Wildman–Crippen MR) is 121 cm³/mol. The van der Waals surface area contributed by atoms with Crippen molar-refractivity contribution in [2.24, 2.45) is 0 Å². The van der Waals surface area contributed by atoms with E-state index in [0.29, 0.717) is 17.0 Å². The number of hydrogen-bond acceptors (Lipinski definition) is 6. The van der Waals surface area contributed by atoms with Gasteiger partial charge in [0, 0.05) is 17.1 Å². The van der Waals surface area contributed by atoms with Gasteiger partial charge >= 0.3 is 12.1 Å². The van der Waals surface area contributed by atoms with Crippen molar-refractivity contribution in [1.82, 2.24) is 5.06 Å². The zero-order valence-electron chi connectivity index (χ0n) is 18.2. The van der Waals surface area contributed by atoms with Crippen LogP contribution in [0.4, 0.5) is 13.6 Å². The number of carboxylic acids is 1. The molecule has 0 amide bonds. The molecular weight excluding hydrogens is 484 g/mol. The van der Waals surface area contributed by atoms with E-state index in [4.69, 9.17) is 31.0 Å². The standard InChI is InChI=1S/C25H20ClF2NO6/c26-16-8-9-22(33-14-23(30)31)18(12-16)24-17-5-2-1-4-15(17)10-11-29(24)35-25(32)34-13-19-20(27)6-3-7-21(19)28/h1-9,12,24H,10-11,13-14H2,(H,30,31). The Balaban J connectivity index is 1.62. The fourth-order valence-electron chi connectivity index (χ4n) is 3.89. The van der Waals surface area contributed by atoms with Crippen LogP contribution in [0.15, 0.2) is 60.7 Å². The van der Waals surface area contributed by atoms with E-state index in [2.05, 4.69) is 0 Å².